The number of rotatable bonds is 6. The highest BCUT2D eigenvalue weighted by Crippen LogP contribution is 2.26. The normalized spacial score (nSPS) is 17.8. The molecule has 1 atom stereocenters. The zero-order valence-corrected chi connectivity index (χ0v) is 10.6. The van der Waals surface area contributed by atoms with Gasteiger partial charge in [0.1, 0.15) is 0 Å². The molecule has 0 spiro atoms. The summed E-state index contributed by atoms with van der Waals surface area (Å²) in [6, 6.07) is 0. The molecule has 0 aliphatic heterocycles. The van der Waals surface area contributed by atoms with Crippen LogP contribution in [0.2, 0.25) is 0 Å². The van der Waals surface area contributed by atoms with Gasteiger partial charge in [0, 0.05) is 18.0 Å². The molecule has 1 rings (SSSR count). The van der Waals surface area contributed by atoms with Gasteiger partial charge < -0.3 is 4.74 Å². The third-order valence-corrected chi connectivity index (χ3v) is 2.74. The Morgan fingerprint density at radius 2 is 2.00 bits per heavy atom. The van der Waals surface area contributed by atoms with Gasteiger partial charge in [0.05, 0.1) is 5.92 Å². The van der Waals surface area contributed by atoms with E-state index in [-0.39, 0.29) is 11.9 Å². The molecule has 5 nitrogen and oxygen atoms in total. The number of halogens is 1. The molecule has 0 N–H and O–H groups in total. The minimum Gasteiger partial charge on any atom is -0.432 e. The summed E-state index contributed by atoms with van der Waals surface area (Å²) in [6.45, 7) is 1.91. The van der Waals surface area contributed by atoms with Crippen molar-refractivity contribution in [2.45, 2.75) is 51.7 Å². The maximum Gasteiger partial charge on any atom is 0.435 e. The maximum atomic E-state index is 11.7. The fourth-order valence-electron chi connectivity index (χ4n) is 1.84. The van der Waals surface area contributed by atoms with Crippen LogP contribution in [-0.4, -0.2) is 17.7 Å². The first-order valence-corrected chi connectivity index (χ1v) is 6.24. The smallest absolute Gasteiger partial charge is 0.432 e. The summed E-state index contributed by atoms with van der Waals surface area (Å²) >= 11 is 4.96. The van der Waals surface area contributed by atoms with E-state index in [1.807, 2.05) is 6.92 Å². The van der Waals surface area contributed by atoms with Crippen molar-refractivity contribution >= 4 is 23.0 Å². The van der Waals surface area contributed by atoms with Crippen LogP contribution in [0.25, 0.3) is 0 Å². The number of ether oxygens (including phenoxy) is 1. The average Bonchev–Trinajstić information content (AvgIpc) is 2.79. The number of esters is 1. The largest absolute Gasteiger partial charge is 0.435 e. The van der Waals surface area contributed by atoms with Crippen LogP contribution in [0.5, 0.6) is 0 Å². The van der Waals surface area contributed by atoms with E-state index in [2.05, 4.69) is 9.78 Å². The minimum atomic E-state index is -1.08. The van der Waals surface area contributed by atoms with Crippen LogP contribution in [0.3, 0.4) is 0 Å². The summed E-state index contributed by atoms with van der Waals surface area (Å²) in [5.41, 5.74) is -1.08. The van der Waals surface area contributed by atoms with Gasteiger partial charge in [0.2, 0.25) is 6.29 Å². The van der Waals surface area contributed by atoms with Crippen LogP contribution in [0.4, 0.5) is 4.79 Å². The highest BCUT2D eigenvalue weighted by Gasteiger charge is 2.27. The van der Waals surface area contributed by atoms with Gasteiger partial charge in [0.25, 0.3) is 0 Å². The second kappa shape index (κ2) is 7.50. The molecule has 6 heteroatoms. The first kappa shape index (κ1) is 14.3. The highest BCUT2D eigenvalue weighted by atomic mass is 35.5. The lowest BCUT2D eigenvalue weighted by Gasteiger charge is -2.17. The molecule has 0 bridgehead atoms. The molecule has 0 heterocycles. The first-order valence-electron chi connectivity index (χ1n) is 5.86. The maximum absolute atomic E-state index is 11.7. The van der Waals surface area contributed by atoms with Crippen molar-refractivity contribution in [3.05, 3.63) is 0 Å². The topological polar surface area (TPSA) is 61.8 Å². The van der Waals surface area contributed by atoms with E-state index in [9.17, 15) is 9.59 Å². The zero-order valence-electron chi connectivity index (χ0n) is 9.82. The second-order valence-electron chi connectivity index (χ2n) is 4.05. The summed E-state index contributed by atoms with van der Waals surface area (Å²) in [7, 11) is 0. The summed E-state index contributed by atoms with van der Waals surface area (Å²) in [5.74, 6) is -0.337. The Hall–Kier alpha value is -0.810. The van der Waals surface area contributed by atoms with Crippen molar-refractivity contribution in [2.75, 3.05) is 0 Å². The molecule has 0 aromatic rings. The van der Waals surface area contributed by atoms with E-state index in [4.69, 9.17) is 16.3 Å². The summed E-state index contributed by atoms with van der Waals surface area (Å²) in [6.07, 6.45) is 4.15. The van der Waals surface area contributed by atoms with E-state index >= 15 is 0 Å². The summed E-state index contributed by atoms with van der Waals surface area (Å²) in [4.78, 5) is 30.9. The fraction of sp³-hybridized carbons (Fsp3) is 0.818. The molecule has 1 aliphatic carbocycles. The van der Waals surface area contributed by atoms with E-state index in [1.165, 1.54) is 0 Å². The van der Waals surface area contributed by atoms with Gasteiger partial charge >= 0.3 is 11.4 Å². The standard InChI is InChI=1S/C11H17ClO5/c1-2-5-9(16-17-11(12)14)15-10(13)8-6-3-4-7-8/h8-9H,2-7H2,1H3. The molecule has 0 aromatic heterocycles. The lowest BCUT2D eigenvalue weighted by Crippen LogP contribution is -2.25. The lowest BCUT2D eigenvalue weighted by molar-refractivity contribution is -0.327. The van der Waals surface area contributed by atoms with E-state index in [0.717, 1.165) is 32.1 Å². The van der Waals surface area contributed by atoms with Crippen molar-refractivity contribution in [1.29, 1.82) is 0 Å². The number of hydrogen-bond acceptors (Lipinski definition) is 5. The van der Waals surface area contributed by atoms with E-state index < -0.39 is 11.7 Å². The molecule has 17 heavy (non-hydrogen) atoms. The van der Waals surface area contributed by atoms with Crippen molar-refractivity contribution in [3.63, 3.8) is 0 Å². The molecule has 98 valence electrons. The predicted molar refractivity (Wildman–Crippen MR) is 60.2 cm³/mol. The molecule has 1 fully saturated rings. The van der Waals surface area contributed by atoms with Gasteiger partial charge in [-0.1, -0.05) is 26.2 Å². The summed E-state index contributed by atoms with van der Waals surface area (Å²) in [5, 5.41) is 0. The third kappa shape index (κ3) is 5.37. The number of hydrogen-bond donors (Lipinski definition) is 0. The van der Waals surface area contributed by atoms with Crippen LogP contribution < -0.4 is 0 Å². The molecule has 0 amide bonds. The SMILES string of the molecule is CCCC(OOC(=O)Cl)OC(=O)C1CCCC1. The Morgan fingerprint density at radius 3 is 2.53 bits per heavy atom. The first-order chi connectivity index (χ1) is 8.13. The van der Waals surface area contributed by atoms with Gasteiger partial charge in [-0.05, 0) is 12.8 Å². The van der Waals surface area contributed by atoms with Gasteiger partial charge in [0.15, 0.2) is 0 Å². The molecule has 1 unspecified atom stereocenters. The molecule has 0 saturated heterocycles. The van der Waals surface area contributed by atoms with Gasteiger partial charge in [-0.15, -0.1) is 4.89 Å². The molecule has 0 radical (unpaired) electrons. The van der Waals surface area contributed by atoms with Crippen LogP contribution >= 0.6 is 11.6 Å². The zero-order chi connectivity index (χ0) is 12.7. The predicted octanol–water partition coefficient (Wildman–Crippen LogP) is 3.15. The third-order valence-electron chi connectivity index (χ3n) is 2.68. The fourth-order valence-corrected chi connectivity index (χ4v) is 1.88. The van der Waals surface area contributed by atoms with Crippen molar-refractivity contribution in [3.8, 4) is 0 Å². The quantitative estimate of drug-likeness (QED) is 0.242. The van der Waals surface area contributed by atoms with Crippen LogP contribution in [0.15, 0.2) is 0 Å². The molecule has 1 saturated carbocycles. The monoisotopic (exact) mass is 264 g/mol. The van der Waals surface area contributed by atoms with E-state index in [1.54, 1.807) is 0 Å². The Morgan fingerprint density at radius 1 is 1.35 bits per heavy atom. The van der Waals surface area contributed by atoms with Crippen molar-refractivity contribution in [1.82, 2.24) is 0 Å². The molecular weight excluding hydrogens is 248 g/mol. The average molecular weight is 265 g/mol. The van der Waals surface area contributed by atoms with Crippen LogP contribution in [-0.2, 0) is 19.3 Å². The number of carbonyl (C=O) groups excluding carboxylic acids is 2. The van der Waals surface area contributed by atoms with Gasteiger partial charge in [-0.2, -0.15) is 0 Å². The van der Waals surface area contributed by atoms with Gasteiger partial charge in [-0.25, -0.2) is 4.79 Å². The van der Waals surface area contributed by atoms with Crippen LogP contribution in [0.1, 0.15) is 45.4 Å². The molecule has 0 aromatic carbocycles. The lowest BCUT2D eigenvalue weighted by atomic mass is 10.1. The number of carbonyl (C=O) groups is 2. The minimum absolute atomic E-state index is 0.0512. The second-order valence-corrected chi connectivity index (χ2v) is 4.36. The summed E-state index contributed by atoms with van der Waals surface area (Å²) < 4.78 is 5.13. The molecule has 1 aliphatic rings. The van der Waals surface area contributed by atoms with Crippen molar-refractivity contribution < 1.29 is 24.1 Å². The highest BCUT2D eigenvalue weighted by molar-refractivity contribution is 6.61. The van der Waals surface area contributed by atoms with Crippen LogP contribution in [0, 0.1) is 5.92 Å². The Kier molecular flexibility index (Phi) is 6.29. The Balaban J connectivity index is 2.35. The molecular formula is C11H17ClO5. The Labute approximate surface area is 105 Å². The van der Waals surface area contributed by atoms with Crippen molar-refractivity contribution in [2.24, 2.45) is 5.92 Å². The van der Waals surface area contributed by atoms with E-state index in [0.29, 0.717) is 6.42 Å². The Bertz CT molecular complexity index is 263. The van der Waals surface area contributed by atoms with Gasteiger partial charge in [-0.3, -0.25) is 9.68 Å².